The minimum absolute atomic E-state index is 0.676. The van der Waals surface area contributed by atoms with Gasteiger partial charge in [-0.05, 0) is 44.2 Å². The molecule has 0 amide bonds. The molecule has 1 heterocycles. The third-order valence-electron chi connectivity index (χ3n) is 3.66. The van der Waals surface area contributed by atoms with Crippen molar-refractivity contribution < 1.29 is 0 Å². The van der Waals surface area contributed by atoms with Crippen LogP contribution >= 0.6 is 0 Å². The first-order chi connectivity index (χ1) is 7.75. The smallest absolute Gasteiger partial charge is 0.00727 e. The fourth-order valence-corrected chi connectivity index (χ4v) is 2.66. The van der Waals surface area contributed by atoms with Crippen LogP contribution in [0, 0.1) is 6.92 Å². The van der Waals surface area contributed by atoms with E-state index in [0.29, 0.717) is 5.92 Å². The van der Waals surface area contributed by atoms with Crippen molar-refractivity contribution in [3.8, 4) is 0 Å². The van der Waals surface area contributed by atoms with Gasteiger partial charge in [-0.15, -0.1) is 0 Å². The van der Waals surface area contributed by atoms with Gasteiger partial charge in [-0.2, -0.15) is 0 Å². The predicted molar refractivity (Wildman–Crippen MR) is 69.9 cm³/mol. The van der Waals surface area contributed by atoms with E-state index in [1.807, 2.05) is 0 Å². The standard InChI is InChI=1S/C15H23N/c1-12-6-5-7-14(10-12)13(2)11-15-8-3-4-9-16-15/h5-7,10,13,15-16H,3-4,8-9,11H2,1-2H3. The van der Waals surface area contributed by atoms with Crippen molar-refractivity contribution >= 4 is 0 Å². The van der Waals surface area contributed by atoms with E-state index in [2.05, 4.69) is 43.4 Å². The third kappa shape index (κ3) is 3.08. The maximum absolute atomic E-state index is 3.63. The lowest BCUT2D eigenvalue weighted by atomic mass is 9.90. The Morgan fingerprint density at radius 1 is 1.38 bits per heavy atom. The van der Waals surface area contributed by atoms with Crippen LogP contribution in [0.2, 0.25) is 0 Å². The van der Waals surface area contributed by atoms with E-state index < -0.39 is 0 Å². The molecule has 1 heteroatoms. The predicted octanol–water partition coefficient (Wildman–Crippen LogP) is 3.63. The van der Waals surface area contributed by atoms with Gasteiger partial charge in [0.15, 0.2) is 0 Å². The Balaban J connectivity index is 1.94. The van der Waals surface area contributed by atoms with E-state index in [9.17, 15) is 0 Å². The van der Waals surface area contributed by atoms with E-state index in [-0.39, 0.29) is 0 Å². The molecule has 1 aromatic rings. The molecule has 0 saturated carbocycles. The average Bonchev–Trinajstić information content (AvgIpc) is 2.30. The van der Waals surface area contributed by atoms with Gasteiger partial charge < -0.3 is 5.32 Å². The summed E-state index contributed by atoms with van der Waals surface area (Å²) in [6, 6.07) is 9.68. The fourth-order valence-electron chi connectivity index (χ4n) is 2.66. The number of hydrogen-bond acceptors (Lipinski definition) is 1. The highest BCUT2D eigenvalue weighted by molar-refractivity contribution is 5.25. The molecule has 0 aromatic heterocycles. The lowest BCUT2D eigenvalue weighted by Crippen LogP contribution is -2.34. The molecule has 2 atom stereocenters. The second kappa shape index (κ2) is 5.49. The number of nitrogens with one attached hydrogen (secondary N) is 1. The molecular weight excluding hydrogens is 194 g/mol. The van der Waals surface area contributed by atoms with E-state index in [0.717, 1.165) is 6.04 Å². The van der Waals surface area contributed by atoms with Gasteiger partial charge in [0.1, 0.15) is 0 Å². The zero-order chi connectivity index (χ0) is 11.4. The van der Waals surface area contributed by atoms with Crippen LogP contribution in [-0.2, 0) is 0 Å². The zero-order valence-corrected chi connectivity index (χ0v) is 10.5. The summed E-state index contributed by atoms with van der Waals surface area (Å²) in [5, 5.41) is 3.63. The highest BCUT2D eigenvalue weighted by Crippen LogP contribution is 2.24. The lowest BCUT2D eigenvalue weighted by molar-refractivity contribution is 0.366. The minimum atomic E-state index is 0.676. The second-order valence-electron chi connectivity index (χ2n) is 5.20. The molecule has 0 aliphatic carbocycles. The quantitative estimate of drug-likeness (QED) is 0.815. The first-order valence-corrected chi connectivity index (χ1v) is 6.55. The van der Waals surface area contributed by atoms with Crippen molar-refractivity contribution in [3.05, 3.63) is 35.4 Å². The highest BCUT2D eigenvalue weighted by atomic mass is 14.9. The van der Waals surface area contributed by atoms with Crippen LogP contribution in [-0.4, -0.2) is 12.6 Å². The Hall–Kier alpha value is -0.820. The van der Waals surface area contributed by atoms with Gasteiger partial charge in [-0.25, -0.2) is 0 Å². The Morgan fingerprint density at radius 2 is 2.25 bits per heavy atom. The molecule has 16 heavy (non-hydrogen) atoms. The van der Waals surface area contributed by atoms with Gasteiger partial charge in [0.25, 0.3) is 0 Å². The van der Waals surface area contributed by atoms with Crippen LogP contribution in [0.1, 0.15) is 49.7 Å². The second-order valence-corrected chi connectivity index (χ2v) is 5.20. The van der Waals surface area contributed by atoms with Gasteiger partial charge in [-0.1, -0.05) is 43.2 Å². The van der Waals surface area contributed by atoms with E-state index in [1.165, 1.54) is 43.4 Å². The van der Waals surface area contributed by atoms with Gasteiger partial charge in [-0.3, -0.25) is 0 Å². The van der Waals surface area contributed by atoms with E-state index >= 15 is 0 Å². The number of hydrogen-bond donors (Lipinski definition) is 1. The summed E-state index contributed by atoms with van der Waals surface area (Å²) in [5.41, 5.74) is 2.87. The van der Waals surface area contributed by atoms with Crippen LogP contribution in [0.5, 0.6) is 0 Å². The topological polar surface area (TPSA) is 12.0 Å². The normalized spacial score (nSPS) is 23.0. The highest BCUT2D eigenvalue weighted by Gasteiger charge is 2.16. The van der Waals surface area contributed by atoms with Crippen LogP contribution in [0.4, 0.5) is 0 Å². The van der Waals surface area contributed by atoms with Crippen molar-refractivity contribution in [2.24, 2.45) is 0 Å². The number of aryl methyl sites for hydroxylation is 1. The first kappa shape index (κ1) is 11.7. The Morgan fingerprint density at radius 3 is 2.94 bits per heavy atom. The van der Waals surface area contributed by atoms with Crippen LogP contribution < -0.4 is 5.32 Å². The van der Waals surface area contributed by atoms with E-state index in [1.54, 1.807) is 0 Å². The number of rotatable bonds is 3. The summed E-state index contributed by atoms with van der Waals surface area (Å²) in [5.74, 6) is 0.676. The Bertz CT molecular complexity index is 326. The number of piperidine rings is 1. The summed E-state index contributed by atoms with van der Waals surface area (Å²) >= 11 is 0. The van der Waals surface area contributed by atoms with Crippen molar-refractivity contribution in [2.75, 3.05) is 6.54 Å². The molecular formula is C15H23N. The maximum Gasteiger partial charge on any atom is 0.00727 e. The fraction of sp³-hybridized carbons (Fsp3) is 0.600. The summed E-state index contributed by atoms with van der Waals surface area (Å²) in [4.78, 5) is 0. The van der Waals surface area contributed by atoms with Crippen molar-refractivity contribution in [1.29, 1.82) is 0 Å². The van der Waals surface area contributed by atoms with Crippen LogP contribution in [0.15, 0.2) is 24.3 Å². The van der Waals surface area contributed by atoms with Crippen LogP contribution in [0.25, 0.3) is 0 Å². The molecule has 0 bridgehead atoms. The molecule has 1 N–H and O–H groups in total. The summed E-state index contributed by atoms with van der Waals surface area (Å²) in [7, 11) is 0. The lowest BCUT2D eigenvalue weighted by Gasteiger charge is -2.26. The average molecular weight is 217 g/mol. The molecule has 1 fully saturated rings. The molecule has 2 rings (SSSR count). The Labute approximate surface area is 99.3 Å². The Kier molecular flexibility index (Phi) is 4.00. The van der Waals surface area contributed by atoms with E-state index in [4.69, 9.17) is 0 Å². The zero-order valence-electron chi connectivity index (χ0n) is 10.5. The summed E-state index contributed by atoms with van der Waals surface area (Å²) in [6.45, 7) is 5.74. The maximum atomic E-state index is 3.63. The first-order valence-electron chi connectivity index (χ1n) is 6.55. The van der Waals surface area contributed by atoms with Crippen molar-refractivity contribution in [1.82, 2.24) is 5.32 Å². The van der Waals surface area contributed by atoms with Crippen molar-refractivity contribution in [2.45, 2.75) is 51.5 Å². The monoisotopic (exact) mass is 217 g/mol. The molecule has 0 spiro atoms. The van der Waals surface area contributed by atoms with Gasteiger partial charge >= 0.3 is 0 Å². The summed E-state index contributed by atoms with van der Waals surface area (Å²) < 4.78 is 0. The molecule has 1 aromatic carbocycles. The third-order valence-corrected chi connectivity index (χ3v) is 3.66. The molecule has 88 valence electrons. The molecule has 1 nitrogen and oxygen atoms in total. The SMILES string of the molecule is Cc1cccc(C(C)CC2CCCCN2)c1. The van der Waals surface area contributed by atoms with Crippen molar-refractivity contribution in [3.63, 3.8) is 0 Å². The minimum Gasteiger partial charge on any atom is -0.314 e. The molecule has 2 unspecified atom stereocenters. The summed E-state index contributed by atoms with van der Waals surface area (Å²) in [6.07, 6.45) is 5.40. The molecule has 1 aliphatic rings. The van der Waals surface area contributed by atoms with Gasteiger partial charge in [0, 0.05) is 6.04 Å². The molecule has 1 saturated heterocycles. The van der Waals surface area contributed by atoms with Gasteiger partial charge in [0.2, 0.25) is 0 Å². The number of benzene rings is 1. The van der Waals surface area contributed by atoms with Crippen LogP contribution in [0.3, 0.4) is 0 Å². The van der Waals surface area contributed by atoms with Gasteiger partial charge in [0.05, 0.1) is 0 Å². The molecule has 1 aliphatic heterocycles. The molecule has 0 radical (unpaired) electrons. The largest absolute Gasteiger partial charge is 0.314 e.